The van der Waals surface area contributed by atoms with E-state index in [1.165, 1.54) is 12.1 Å². The van der Waals surface area contributed by atoms with E-state index in [9.17, 15) is 18.0 Å². The van der Waals surface area contributed by atoms with Gasteiger partial charge in [-0.25, -0.2) is 0 Å². The molecule has 0 spiro atoms. The van der Waals surface area contributed by atoms with Crippen molar-refractivity contribution in [3.05, 3.63) is 47.8 Å². The lowest BCUT2D eigenvalue weighted by molar-refractivity contribution is -0.137. The lowest BCUT2D eigenvalue weighted by atomic mass is 10.0. The van der Waals surface area contributed by atoms with Crippen LogP contribution in [0, 0.1) is 0 Å². The van der Waals surface area contributed by atoms with Gasteiger partial charge in [-0.1, -0.05) is 30.3 Å². The van der Waals surface area contributed by atoms with E-state index in [0.717, 1.165) is 6.20 Å². The van der Waals surface area contributed by atoms with Crippen molar-refractivity contribution < 1.29 is 18.0 Å². The summed E-state index contributed by atoms with van der Waals surface area (Å²) in [7, 11) is 0. The second kappa shape index (κ2) is 4.08. The Kier molecular flexibility index (Phi) is 2.75. The first-order chi connectivity index (χ1) is 8.04. The summed E-state index contributed by atoms with van der Waals surface area (Å²) in [6.45, 7) is 0. The van der Waals surface area contributed by atoms with Gasteiger partial charge in [0.2, 0.25) is 0 Å². The zero-order chi connectivity index (χ0) is 12.5. The first-order valence-corrected chi connectivity index (χ1v) is 4.83. The normalized spacial score (nSPS) is 11.5. The zero-order valence-electron chi connectivity index (χ0n) is 8.58. The number of aldehydes is 1. The molecule has 0 radical (unpaired) electrons. The minimum absolute atomic E-state index is 0.0662. The maximum absolute atomic E-state index is 12.7. The Morgan fingerprint density at radius 3 is 2.29 bits per heavy atom. The lowest BCUT2D eigenvalue weighted by Crippen LogP contribution is -2.05. The van der Waals surface area contributed by atoms with Gasteiger partial charge < -0.3 is 4.98 Å². The van der Waals surface area contributed by atoms with Crippen LogP contribution in [0.4, 0.5) is 13.2 Å². The molecule has 2 aromatic rings. The average Bonchev–Trinajstić information content (AvgIpc) is 2.73. The third kappa shape index (κ3) is 2.08. The molecule has 1 heterocycles. The molecular formula is C12H8F3NO. The Morgan fingerprint density at radius 1 is 1.12 bits per heavy atom. The molecule has 1 aromatic carbocycles. The predicted octanol–water partition coefficient (Wildman–Crippen LogP) is 3.51. The highest BCUT2D eigenvalue weighted by Crippen LogP contribution is 2.38. The fourth-order valence-corrected chi connectivity index (χ4v) is 1.67. The molecule has 0 fully saturated rings. The van der Waals surface area contributed by atoms with Gasteiger partial charge >= 0.3 is 6.18 Å². The predicted molar refractivity (Wildman–Crippen MR) is 56.6 cm³/mol. The van der Waals surface area contributed by atoms with Crippen molar-refractivity contribution in [2.45, 2.75) is 6.18 Å². The summed E-state index contributed by atoms with van der Waals surface area (Å²) in [5.74, 6) is 0. The van der Waals surface area contributed by atoms with E-state index in [2.05, 4.69) is 4.98 Å². The summed E-state index contributed by atoms with van der Waals surface area (Å²) in [6, 6.07) is 8.01. The van der Waals surface area contributed by atoms with Crippen LogP contribution in [0.2, 0.25) is 0 Å². The molecule has 0 atom stereocenters. The van der Waals surface area contributed by atoms with Gasteiger partial charge in [-0.15, -0.1) is 0 Å². The summed E-state index contributed by atoms with van der Waals surface area (Å²) in [6.07, 6.45) is -3.29. The topological polar surface area (TPSA) is 32.9 Å². The molecule has 0 unspecified atom stereocenters. The van der Waals surface area contributed by atoms with Crippen LogP contribution in [0.1, 0.15) is 16.1 Å². The second-order valence-corrected chi connectivity index (χ2v) is 3.47. The molecule has 1 aromatic heterocycles. The Hall–Kier alpha value is -2.04. The van der Waals surface area contributed by atoms with Crippen molar-refractivity contribution in [2.24, 2.45) is 0 Å². The monoisotopic (exact) mass is 239 g/mol. The molecule has 1 N–H and O–H groups in total. The number of alkyl halides is 3. The van der Waals surface area contributed by atoms with Gasteiger partial charge in [0, 0.05) is 11.8 Å². The molecule has 0 aliphatic heterocycles. The molecule has 5 heteroatoms. The molecule has 0 amide bonds. The van der Waals surface area contributed by atoms with Crippen LogP contribution >= 0.6 is 0 Å². The van der Waals surface area contributed by atoms with Crippen molar-refractivity contribution in [2.75, 3.05) is 0 Å². The number of halogens is 3. The maximum Gasteiger partial charge on any atom is 0.418 e. The van der Waals surface area contributed by atoms with Crippen LogP contribution in [0.15, 0.2) is 36.5 Å². The maximum atomic E-state index is 12.7. The minimum atomic E-state index is -4.48. The first-order valence-electron chi connectivity index (χ1n) is 4.83. The van der Waals surface area contributed by atoms with E-state index in [1.807, 2.05) is 0 Å². The van der Waals surface area contributed by atoms with E-state index in [-0.39, 0.29) is 11.3 Å². The number of carbonyl (C=O) groups excluding carboxylic acids is 1. The second-order valence-electron chi connectivity index (χ2n) is 3.47. The number of hydrogen-bond acceptors (Lipinski definition) is 1. The standard InChI is InChI=1S/C12H8F3NO/c13-12(14,15)9-6-16-10(7-17)11(9)8-4-2-1-3-5-8/h1-7,16H. The first kappa shape index (κ1) is 11.4. The molecule has 0 aliphatic rings. The van der Waals surface area contributed by atoms with Gasteiger partial charge in [-0.2, -0.15) is 13.2 Å². The van der Waals surface area contributed by atoms with Gasteiger partial charge in [-0.05, 0) is 5.56 Å². The van der Waals surface area contributed by atoms with E-state index in [0.29, 0.717) is 11.8 Å². The fraction of sp³-hybridized carbons (Fsp3) is 0.0833. The summed E-state index contributed by atoms with van der Waals surface area (Å²) >= 11 is 0. The molecule has 17 heavy (non-hydrogen) atoms. The minimum Gasteiger partial charge on any atom is -0.358 e. The van der Waals surface area contributed by atoms with Crippen molar-refractivity contribution >= 4 is 6.29 Å². The number of H-pyrrole nitrogens is 1. The van der Waals surface area contributed by atoms with Crippen LogP contribution < -0.4 is 0 Å². The quantitative estimate of drug-likeness (QED) is 0.799. The van der Waals surface area contributed by atoms with Crippen molar-refractivity contribution in [3.63, 3.8) is 0 Å². The summed E-state index contributed by atoms with van der Waals surface area (Å²) in [4.78, 5) is 13.1. The Bertz CT molecular complexity index is 528. The van der Waals surface area contributed by atoms with E-state index < -0.39 is 11.7 Å². The van der Waals surface area contributed by atoms with Crippen LogP contribution in [0.25, 0.3) is 11.1 Å². The molecule has 88 valence electrons. The van der Waals surface area contributed by atoms with Crippen molar-refractivity contribution in [1.82, 2.24) is 4.98 Å². The smallest absolute Gasteiger partial charge is 0.358 e. The number of benzene rings is 1. The van der Waals surface area contributed by atoms with Crippen LogP contribution in [0.3, 0.4) is 0 Å². The summed E-state index contributed by atoms with van der Waals surface area (Å²) in [5, 5.41) is 0. The van der Waals surface area contributed by atoms with Gasteiger partial charge in [0.25, 0.3) is 0 Å². The largest absolute Gasteiger partial charge is 0.418 e. The highest BCUT2D eigenvalue weighted by atomic mass is 19.4. The Labute approximate surface area is 95.1 Å². The number of aromatic nitrogens is 1. The Morgan fingerprint density at radius 2 is 1.76 bits per heavy atom. The van der Waals surface area contributed by atoms with Crippen molar-refractivity contribution in [1.29, 1.82) is 0 Å². The van der Waals surface area contributed by atoms with Gasteiger partial charge in [0.15, 0.2) is 6.29 Å². The number of carbonyl (C=O) groups is 1. The van der Waals surface area contributed by atoms with Crippen LogP contribution in [-0.2, 0) is 6.18 Å². The van der Waals surface area contributed by atoms with Crippen molar-refractivity contribution in [3.8, 4) is 11.1 Å². The van der Waals surface area contributed by atoms with E-state index >= 15 is 0 Å². The molecular weight excluding hydrogens is 231 g/mol. The van der Waals surface area contributed by atoms with Crippen LogP contribution in [0.5, 0.6) is 0 Å². The third-order valence-electron chi connectivity index (χ3n) is 2.40. The summed E-state index contributed by atoms with van der Waals surface area (Å²) < 4.78 is 38.2. The molecule has 0 aliphatic carbocycles. The van der Waals surface area contributed by atoms with Gasteiger partial charge in [0.05, 0.1) is 11.3 Å². The molecule has 2 rings (SSSR count). The van der Waals surface area contributed by atoms with E-state index in [4.69, 9.17) is 0 Å². The molecule has 0 bridgehead atoms. The highest BCUT2D eigenvalue weighted by molar-refractivity contribution is 5.87. The third-order valence-corrected chi connectivity index (χ3v) is 2.40. The number of nitrogens with one attached hydrogen (secondary N) is 1. The molecule has 0 saturated heterocycles. The number of hydrogen-bond donors (Lipinski definition) is 1. The lowest BCUT2D eigenvalue weighted by Gasteiger charge is -2.08. The Balaban J connectivity index is 2.66. The van der Waals surface area contributed by atoms with Gasteiger partial charge in [-0.3, -0.25) is 4.79 Å². The molecule has 0 saturated carbocycles. The summed E-state index contributed by atoms with van der Waals surface area (Å²) in [5.41, 5.74) is -0.634. The van der Waals surface area contributed by atoms with Crippen LogP contribution in [-0.4, -0.2) is 11.3 Å². The molecule has 2 nitrogen and oxygen atoms in total. The number of aromatic amines is 1. The highest BCUT2D eigenvalue weighted by Gasteiger charge is 2.36. The average molecular weight is 239 g/mol. The fourth-order valence-electron chi connectivity index (χ4n) is 1.67. The van der Waals surface area contributed by atoms with E-state index in [1.54, 1.807) is 18.2 Å². The zero-order valence-corrected chi connectivity index (χ0v) is 8.58. The van der Waals surface area contributed by atoms with Gasteiger partial charge in [0.1, 0.15) is 0 Å². The SMILES string of the molecule is O=Cc1[nH]cc(C(F)(F)F)c1-c1ccccc1. The number of rotatable bonds is 2.